The molecule has 0 radical (unpaired) electrons. The van der Waals surface area contributed by atoms with Gasteiger partial charge in [-0.1, -0.05) is 0 Å². The van der Waals surface area contributed by atoms with Crippen LogP contribution in [0.15, 0.2) is 30.3 Å². The van der Waals surface area contributed by atoms with E-state index < -0.39 is 19.6 Å². The van der Waals surface area contributed by atoms with Gasteiger partial charge in [0.1, 0.15) is 0 Å². The fourth-order valence-electron chi connectivity index (χ4n) is 1.93. The minimum atomic E-state index is -0.704. The Morgan fingerprint density at radius 3 is 2.69 bits per heavy atom. The van der Waals surface area contributed by atoms with Gasteiger partial charge in [-0.05, 0) is 0 Å². The monoisotopic (exact) mass is 291 g/mol. The zero-order chi connectivity index (χ0) is 9.10. The number of hydrogen-bond acceptors (Lipinski definition) is 0. The van der Waals surface area contributed by atoms with Gasteiger partial charge in [0.2, 0.25) is 0 Å². The van der Waals surface area contributed by atoms with Gasteiger partial charge in [-0.3, -0.25) is 0 Å². The standard InChI is InChI=1S/C12H17Te/c1-11-6-5-9-13(11)10-12-7-3-2-4-8-12/h2-4,7-8,11H,5-6,9-10H2,1H3/q+1. The van der Waals surface area contributed by atoms with Crippen molar-refractivity contribution in [1.29, 1.82) is 0 Å². The van der Waals surface area contributed by atoms with Crippen LogP contribution in [0.5, 0.6) is 0 Å². The van der Waals surface area contributed by atoms with Crippen molar-refractivity contribution in [3.8, 4) is 0 Å². The van der Waals surface area contributed by atoms with Crippen molar-refractivity contribution in [2.24, 2.45) is 0 Å². The van der Waals surface area contributed by atoms with Gasteiger partial charge in [0.05, 0.1) is 0 Å². The fourth-order valence-corrected chi connectivity index (χ4v) is 9.03. The minimum absolute atomic E-state index is 0.704. The number of hydrogen-bond donors (Lipinski definition) is 0. The van der Waals surface area contributed by atoms with Crippen LogP contribution in [0.25, 0.3) is 0 Å². The van der Waals surface area contributed by atoms with Crippen LogP contribution in [-0.2, 0) is 4.47 Å². The zero-order valence-corrected chi connectivity index (χ0v) is 10.5. The van der Waals surface area contributed by atoms with E-state index in [1.54, 1.807) is 10.0 Å². The van der Waals surface area contributed by atoms with Crippen molar-refractivity contribution in [1.82, 2.24) is 0 Å². The molecule has 0 aliphatic carbocycles. The average molecular weight is 289 g/mol. The number of rotatable bonds is 2. The molecule has 0 spiro atoms. The molecule has 1 aliphatic heterocycles. The second kappa shape index (κ2) is 4.49. The molecule has 0 saturated carbocycles. The van der Waals surface area contributed by atoms with Gasteiger partial charge in [0.25, 0.3) is 0 Å². The van der Waals surface area contributed by atoms with Crippen molar-refractivity contribution < 1.29 is 0 Å². The molecule has 0 N–H and O–H groups in total. The summed E-state index contributed by atoms with van der Waals surface area (Å²) in [7, 11) is 0. The Morgan fingerprint density at radius 2 is 2.08 bits per heavy atom. The van der Waals surface area contributed by atoms with Crippen molar-refractivity contribution in [3.63, 3.8) is 0 Å². The summed E-state index contributed by atoms with van der Waals surface area (Å²) in [5.74, 6) is 0. The van der Waals surface area contributed by atoms with E-state index in [0.29, 0.717) is 0 Å². The summed E-state index contributed by atoms with van der Waals surface area (Å²) in [4.78, 5) is 0. The summed E-state index contributed by atoms with van der Waals surface area (Å²) in [5.41, 5.74) is 1.59. The fraction of sp³-hybridized carbons (Fsp3) is 0.500. The van der Waals surface area contributed by atoms with Crippen LogP contribution < -0.4 is 0 Å². The van der Waals surface area contributed by atoms with Crippen LogP contribution in [0, 0.1) is 0 Å². The first kappa shape index (κ1) is 9.56. The molecule has 1 aromatic rings. The van der Waals surface area contributed by atoms with Crippen LogP contribution in [0.4, 0.5) is 0 Å². The maximum absolute atomic E-state index is 2.48. The summed E-state index contributed by atoms with van der Waals surface area (Å²) in [5, 5.41) is 0. The molecule has 0 amide bonds. The Bertz CT molecular complexity index is 255. The first-order valence-electron chi connectivity index (χ1n) is 5.06. The summed E-state index contributed by atoms with van der Waals surface area (Å²) < 4.78 is 4.19. The van der Waals surface area contributed by atoms with E-state index in [1.165, 1.54) is 17.3 Å². The molecule has 1 heterocycles. The van der Waals surface area contributed by atoms with E-state index in [2.05, 4.69) is 37.3 Å². The molecule has 1 unspecified atom stereocenters. The molecule has 2 rings (SSSR count). The van der Waals surface area contributed by atoms with Gasteiger partial charge in [0.15, 0.2) is 0 Å². The van der Waals surface area contributed by atoms with E-state index in [9.17, 15) is 0 Å². The first-order chi connectivity index (χ1) is 6.36. The van der Waals surface area contributed by atoms with Gasteiger partial charge in [-0.2, -0.15) is 0 Å². The van der Waals surface area contributed by atoms with Gasteiger partial charge in [0, 0.05) is 0 Å². The molecule has 1 atom stereocenters. The van der Waals surface area contributed by atoms with E-state index in [4.69, 9.17) is 0 Å². The average Bonchev–Trinajstić information content (AvgIpc) is 2.54. The van der Waals surface area contributed by atoms with Crippen molar-refractivity contribution in [2.45, 2.75) is 32.7 Å². The van der Waals surface area contributed by atoms with Gasteiger partial charge >= 0.3 is 88.1 Å². The van der Waals surface area contributed by atoms with E-state index in [0.717, 1.165) is 3.97 Å². The molecule has 0 nitrogen and oxygen atoms in total. The zero-order valence-electron chi connectivity index (χ0n) is 8.20. The molecular weight excluding hydrogens is 272 g/mol. The maximum atomic E-state index is 2.48. The molecular formula is C12H17Te+. The third kappa shape index (κ3) is 2.48. The van der Waals surface area contributed by atoms with Crippen LogP contribution in [-0.4, -0.2) is 19.6 Å². The molecule has 1 heteroatoms. The predicted octanol–water partition coefficient (Wildman–Crippen LogP) is 3.45. The predicted molar refractivity (Wildman–Crippen MR) is 59.4 cm³/mol. The molecule has 0 aromatic heterocycles. The SMILES string of the molecule is CC1CCC[Te+]1Cc1ccccc1. The van der Waals surface area contributed by atoms with E-state index in [-0.39, 0.29) is 0 Å². The molecule has 13 heavy (non-hydrogen) atoms. The Balaban J connectivity index is 1.98. The topological polar surface area (TPSA) is 0 Å². The number of benzene rings is 1. The Labute approximate surface area is 88.0 Å². The van der Waals surface area contributed by atoms with Crippen LogP contribution in [0.3, 0.4) is 0 Å². The third-order valence-electron chi connectivity index (χ3n) is 2.78. The summed E-state index contributed by atoms with van der Waals surface area (Å²) in [6, 6.07) is 11.1. The van der Waals surface area contributed by atoms with Crippen LogP contribution >= 0.6 is 0 Å². The van der Waals surface area contributed by atoms with Crippen molar-refractivity contribution in [2.75, 3.05) is 0 Å². The molecule has 1 aromatic carbocycles. The summed E-state index contributed by atoms with van der Waals surface area (Å²) in [6.45, 7) is 2.48. The molecule has 1 aliphatic rings. The summed E-state index contributed by atoms with van der Waals surface area (Å²) >= 11 is -0.704. The Hall–Kier alpha value is 0.00961. The normalized spacial score (nSPS) is 23.6. The van der Waals surface area contributed by atoms with Gasteiger partial charge < -0.3 is 0 Å². The Morgan fingerprint density at radius 1 is 1.31 bits per heavy atom. The second-order valence-corrected chi connectivity index (χ2v) is 11.2. The molecule has 1 fully saturated rings. The molecule has 1 saturated heterocycles. The van der Waals surface area contributed by atoms with Crippen LogP contribution in [0.2, 0.25) is 8.43 Å². The van der Waals surface area contributed by atoms with E-state index >= 15 is 0 Å². The Kier molecular flexibility index (Phi) is 3.30. The molecule has 0 bridgehead atoms. The van der Waals surface area contributed by atoms with E-state index in [1.807, 2.05) is 0 Å². The summed E-state index contributed by atoms with van der Waals surface area (Å²) in [6.07, 6.45) is 3.04. The van der Waals surface area contributed by atoms with Crippen molar-refractivity contribution in [3.05, 3.63) is 35.9 Å². The second-order valence-electron chi connectivity index (χ2n) is 3.82. The molecule has 70 valence electrons. The first-order valence-corrected chi connectivity index (χ1v) is 9.70. The van der Waals surface area contributed by atoms with Crippen molar-refractivity contribution >= 4 is 19.6 Å². The van der Waals surface area contributed by atoms with Gasteiger partial charge in [-0.25, -0.2) is 0 Å². The third-order valence-corrected chi connectivity index (χ3v) is 11.0. The van der Waals surface area contributed by atoms with Crippen LogP contribution in [0.1, 0.15) is 25.3 Å². The quantitative estimate of drug-likeness (QED) is 0.731. The van der Waals surface area contributed by atoms with Gasteiger partial charge in [-0.15, -0.1) is 0 Å².